The summed E-state index contributed by atoms with van der Waals surface area (Å²) in [5, 5.41) is 20.3. The molecule has 0 bridgehead atoms. The van der Waals surface area contributed by atoms with E-state index in [4.69, 9.17) is 10.4 Å². The average molecular weight is 289 g/mol. The van der Waals surface area contributed by atoms with Crippen LogP contribution in [0.1, 0.15) is 19.8 Å². The molecular formula is C15H19N3O3. The highest BCUT2D eigenvalue weighted by Crippen LogP contribution is 2.14. The topological polar surface area (TPSA) is 93.4 Å². The number of carbonyl (C=O) groups is 2. The second-order valence-corrected chi connectivity index (χ2v) is 4.52. The van der Waals surface area contributed by atoms with Crippen LogP contribution in [0.3, 0.4) is 0 Å². The molecule has 1 atom stereocenters. The summed E-state index contributed by atoms with van der Waals surface area (Å²) in [5.41, 5.74) is 0.675. The summed E-state index contributed by atoms with van der Waals surface area (Å²) >= 11 is 0. The van der Waals surface area contributed by atoms with Gasteiger partial charge in [0.05, 0.1) is 18.4 Å². The number of rotatable bonds is 7. The summed E-state index contributed by atoms with van der Waals surface area (Å²) in [4.78, 5) is 24.6. The van der Waals surface area contributed by atoms with Gasteiger partial charge in [0.25, 0.3) is 0 Å². The second-order valence-electron chi connectivity index (χ2n) is 4.52. The predicted octanol–water partition coefficient (Wildman–Crippen LogP) is 2.23. The van der Waals surface area contributed by atoms with Gasteiger partial charge in [-0.15, -0.1) is 0 Å². The van der Waals surface area contributed by atoms with Gasteiger partial charge < -0.3 is 10.4 Å². The van der Waals surface area contributed by atoms with Gasteiger partial charge in [0.1, 0.15) is 0 Å². The normalized spacial score (nSPS) is 11.2. The molecular weight excluding hydrogens is 270 g/mol. The Labute approximate surface area is 124 Å². The van der Waals surface area contributed by atoms with Crippen LogP contribution < -0.4 is 10.2 Å². The molecule has 1 aromatic rings. The summed E-state index contributed by atoms with van der Waals surface area (Å²) in [6, 6.07) is 10.6. The lowest BCUT2D eigenvalue weighted by Crippen LogP contribution is -2.43. The summed E-state index contributed by atoms with van der Waals surface area (Å²) in [5.74, 6) is -1.54. The van der Waals surface area contributed by atoms with Crippen molar-refractivity contribution in [1.29, 1.82) is 5.26 Å². The number of urea groups is 1. The Kier molecular flexibility index (Phi) is 6.75. The number of benzene rings is 1. The lowest BCUT2D eigenvalue weighted by molar-refractivity contribution is -0.141. The summed E-state index contributed by atoms with van der Waals surface area (Å²) in [6.07, 6.45) is 0.650. The Morgan fingerprint density at radius 3 is 2.57 bits per heavy atom. The predicted molar refractivity (Wildman–Crippen MR) is 78.8 cm³/mol. The fraction of sp³-hybridized carbons (Fsp3) is 0.400. The van der Waals surface area contributed by atoms with Crippen LogP contribution in [-0.4, -0.2) is 30.2 Å². The Morgan fingerprint density at radius 1 is 1.38 bits per heavy atom. The SMILES string of the molecule is CCC(CNC(=O)N(CCC#N)c1ccccc1)C(=O)O. The first-order chi connectivity index (χ1) is 10.1. The number of nitrogens with one attached hydrogen (secondary N) is 1. The smallest absolute Gasteiger partial charge is 0.321 e. The van der Waals surface area contributed by atoms with Crippen LogP contribution >= 0.6 is 0 Å². The lowest BCUT2D eigenvalue weighted by atomic mass is 10.1. The minimum Gasteiger partial charge on any atom is -0.481 e. The number of para-hydroxylation sites is 1. The van der Waals surface area contributed by atoms with Crippen molar-refractivity contribution in [3.05, 3.63) is 30.3 Å². The Bertz CT molecular complexity index is 511. The van der Waals surface area contributed by atoms with Crippen LogP contribution in [0, 0.1) is 17.2 Å². The highest BCUT2D eigenvalue weighted by Gasteiger charge is 2.19. The van der Waals surface area contributed by atoms with E-state index in [1.807, 2.05) is 12.1 Å². The van der Waals surface area contributed by atoms with Crippen LogP contribution in [0.2, 0.25) is 0 Å². The van der Waals surface area contributed by atoms with Gasteiger partial charge in [-0.3, -0.25) is 9.69 Å². The van der Waals surface area contributed by atoms with Gasteiger partial charge in [0.15, 0.2) is 0 Å². The number of hydrogen-bond acceptors (Lipinski definition) is 3. The molecule has 0 fully saturated rings. The van der Waals surface area contributed by atoms with Crippen LogP contribution in [0.15, 0.2) is 30.3 Å². The van der Waals surface area contributed by atoms with Gasteiger partial charge in [0, 0.05) is 18.8 Å². The van der Waals surface area contributed by atoms with E-state index in [-0.39, 0.29) is 19.5 Å². The average Bonchev–Trinajstić information content (AvgIpc) is 2.49. The molecule has 1 aromatic carbocycles. The Morgan fingerprint density at radius 2 is 2.05 bits per heavy atom. The third-order valence-corrected chi connectivity index (χ3v) is 3.10. The molecule has 6 heteroatoms. The summed E-state index contributed by atoms with van der Waals surface area (Å²) in [7, 11) is 0. The first-order valence-corrected chi connectivity index (χ1v) is 6.80. The molecule has 1 rings (SSSR count). The second kappa shape index (κ2) is 8.59. The first-order valence-electron chi connectivity index (χ1n) is 6.80. The Hall–Kier alpha value is -2.55. The van der Waals surface area contributed by atoms with Crippen molar-refractivity contribution in [2.75, 3.05) is 18.0 Å². The van der Waals surface area contributed by atoms with Gasteiger partial charge in [-0.2, -0.15) is 5.26 Å². The fourth-order valence-electron chi connectivity index (χ4n) is 1.83. The summed E-state index contributed by atoms with van der Waals surface area (Å²) < 4.78 is 0. The molecule has 112 valence electrons. The van der Waals surface area contributed by atoms with Crippen molar-refractivity contribution in [2.24, 2.45) is 5.92 Å². The van der Waals surface area contributed by atoms with Gasteiger partial charge in [-0.05, 0) is 18.6 Å². The quantitative estimate of drug-likeness (QED) is 0.804. The van der Waals surface area contributed by atoms with Gasteiger partial charge in [-0.1, -0.05) is 25.1 Å². The molecule has 6 nitrogen and oxygen atoms in total. The van der Waals surface area contributed by atoms with E-state index < -0.39 is 17.9 Å². The molecule has 0 aliphatic rings. The maximum atomic E-state index is 12.2. The van der Waals surface area contributed by atoms with Crippen LogP contribution in [0.5, 0.6) is 0 Å². The molecule has 0 aromatic heterocycles. The number of hydrogen-bond donors (Lipinski definition) is 2. The Balaban J connectivity index is 2.73. The van der Waals surface area contributed by atoms with Gasteiger partial charge in [-0.25, -0.2) is 4.79 Å². The molecule has 0 saturated heterocycles. The molecule has 0 heterocycles. The zero-order valence-corrected chi connectivity index (χ0v) is 12.0. The zero-order chi connectivity index (χ0) is 15.7. The minimum absolute atomic E-state index is 0.0700. The third-order valence-electron chi connectivity index (χ3n) is 3.10. The number of nitrogens with zero attached hydrogens (tertiary/aromatic N) is 2. The zero-order valence-electron chi connectivity index (χ0n) is 12.0. The van der Waals surface area contributed by atoms with Crippen molar-refractivity contribution in [2.45, 2.75) is 19.8 Å². The summed E-state index contributed by atoms with van der Waals surface area (Å²) in [6.45, 7) is 2.09. The monoisotopic (exact) mass is 289 g/mol. The number of carbonyl (C=O) groups excluding carboxylic acids is 1. The van der Waals surface area contributed by atoms with Crippen molar-refractivity contribution in [3.8, 4) is 6.07 Å². The molecule has 1 unspecified atom stereocenters. The van der Waals surface area contributed by atoms with Gasteiger partial charge >= 0.3 is 12.0 Å². The molecule has 0 radical (unpaired) electrons. The fourth-order valence-corrected chi connectivity index (χ4v) is 1.83. The largest absolute Gasteiger partial charge is 0.481 e. The molecule has 2 N–H and O–H groups in total. The van der Waals surface area contributed by atoms with Gasteiger partial charge in [0.2, 0.25) is 0 Å². The number of carboxylic acid groups (broad SMARTS) is 1. The standard InChI is InChI=1S/C15H19N3O3/c1-2-12(14(19)20)11-17-15(21)18(10-6-9-16)13-7-4-3-5-8-13/h3-5,7-8,12H,2,6,10-11H2,1H3,(H,17,21)(H,19,20). The van der Waals surface area contributed by atoms with Crippen molar-refractivity contribution in [1.82, 2.24) is 5.32 Å². The number of carboxylic acids is 1. The molecule has 21 heavy (non-hydrogen) atoms. The minimum atomic E-state index is -0.930. The van der Waals surface area contributed by atoms with Crippen molar-refractivity contribution >= 4 is 17.7 Å². The first kappa shape index (κ1) is 16.5. The molecule has 2 amide bonds. The maximum absolute atomic E-state index is 12.2. The molecule has 0 aliphatic heterocycles. The molecule has 0 spiro atoms. The van der Waals surface area contributed by atoms with Crippen molar-refractivity contribution in [3.63, 3.8) is 0 Å². The molecule has 0 saturated carbocycles. The number of amides is 2. The number of anilines is 1. The highest BCUT2D eigenvalue weighted by molar-refractivity contribution is 5.92. The van der Waals surface area contributed by atoms with E-state index in [2.05, 4.69) is 5.32 Å². The highest BCUT2D eigenvalue weighted by atomic mass is 16.4. The lowest BCUT2D eigenvalue weighted by Gasteiger charge is -2.23. The van der Waals surface area contributed by atoms with E-state index in [9.17, 15) is 9.59 Å². The number of aliphatic carboxylic acids is 1. The van der Waals surface area contributed by atoms with Crippen molar-refractivity contribution < 1.29 is 14.7 Å². The van der Waals surface area contributed by atoms with E-state index in [0.717, 1.165) is 0 Å². The van der Waals surface area contributed by atoms with E-state index in [0.29, 0.717) is 12.1 Å². The van der Waals surface area contributed by atoms with Crippen LogP contribution in [0.25, 0.3) is 0 Å². The third kappa shape index (κ3) is 5.15. The van der Waals surface area contributed by atoms with E-state index in [1.54, 1.807) is 31.2 Å². The van der Waals surface area contributed by atoms with Crippen LogP contribution in [-0.2, 0) is 4.79 Å². The number of nitriles is 1. The van der Waals surface area contributed by atoms with E-state index in [1.165, 1.54) is 4.90 Å². The maximum Gasteiger partial charge on any atom is 0.321 e. The van der Waals surface area contributed by atoms with E-state index >= 15 is 0 Å². The molecule has 0 aliphatic carbocycles. The van der Waals surface area contributed by atoms with Crippen LogP contribution in [0.4, 0.5) is 10.5 Å².